The van der Waals surface area contributed by atoms with Gasteiger partial charge in [0.25, 0.3) is 0 Å². The lowest BCUT2D eigenvalue weighted by molar-refractivity contribution is -0.159. The maximum atomic E-state index is 12.7. The number of aliphatic hydroxyl groups excluding tert-OH is 1. The number of hydrogen-bond acceptors (Lipinski definition) is 4. The van der Waals surface area contributed by atoms with Crippen LogP contribution in [0.15, 0.2) is 0 Å². The number of amides is 1. The number of nitrogens with zero attached hydrogens (tertiary/aromatic N) is 1. The van der Waals surface area contributed by atoms with E-state index in [1.165, 1.54) is 0 Å². The Morgan fingerprint density at radius 1 is 1.47 bits per heavy atom. The summed E-state index contributed by atoms with van der Waals surface area (Å²) in [6.07, 6.45) is 1.08. The maximum absolute atomic E-state index is 12.7. The fourth-order valence-electron chi connectivity index (χ4n) is 3.23. The molecule has 2 atom stereocenters. The van der Waals surface area contributed by atoms with Gasteiger partial charge in [0.15, 0.2) is 0 Å². The van der Waals surface area contributed by atoms with Gasteiger partial charge in [0, 0.05) is 13.1 Å². The van der Waals surface area contributed by atoms with Crippen LogP contribution in [0.2, 0.25) is 0 Å². The van der Waals surface area contributed by atoms with E-state index < -0.39 is 5.41 Å². The van der Waals surface area contributed by atoms with Crippen LogP contribution in [-0.2, 0) is 9.53 Å². The molecule has 2 unspecified atom stereocenters. The van der Waals surface area contributed by atoms with E-state index in [0.717, 1.165) is 12.8 Å². The maximum Gasteiger partial charge on any atom is 0.235 e. The van der Waals surface area contributed by atoms with E-state index in [4.69, 9.17) is 22.7 Å². The van der Waals surface area contributed by atoms with Gasteiger partial charge in [-0.05, 0) is 25.7 Å². The lowest BCUT2D eigenvalue weighted by Gasteiger charge is -2.48. The Kier molecular flexibility index (Phi) is 4.13. The van der Waals surface area contributed by atoms with Crippen LogP contribution < -0.4 is 5.73 Å². The molecule has 108 valence electrons. The second-order valence-corrected chi connectivity index (χ2v) is 6.36. The number of rotatable bonds is 3. The summed E-state index contributed by atoms with van der Waals surface area (Å²) in [7, 11) is 0. The molecule has 0 aromatic heterocycles. The molecule has 0 aromatic rings. The van der Waals surface area contributed by atoms with Crippen LogP contribution in [0.25, 0.3) is 0 Å². The molecule has 1 heterocycles. The van der Waals surface area contributed by atoms with Gasteiger partial charge in [-0.3, -0.25) is 4.79 Å². The van der Waals surface area contributed by atoms with Crippen molar-refractivity contribution in [2.75, 3.05) is 19.7 Å². The Labute approximate surface area is 119 Å². The van der Waals surface area contributed by atoms with E-state index in [2.05, 4.69) is 6.92 Å². The summed E-state index contributed by atoms with van der Waals surface area (Å²) < 4.78 is 5.55. The van der Waals surface area contributed by atoms with Crippen molar-refractivity contribution in [1.29, 1.82) is 0 Å². The third kappa shape index (κ3) is 2.61. The van der Waals surface area contributed by atoms with Crippen LogP contribution in [0.5, 0.6) is 0 Å². The number of morpholine rings is 1. The van der Waals surface area contributed by atoms with Crippen LogP contribution in [0.1, 0.15) is 26.7 Å². The van der Waals surface area contributed by atoms with E-state index in [1.807, 2.05) is 6.92 Å². The summed E-state index contributed by atoms with van der Waals surface area (Å²) in [4.78, 5) is 14.8. The van der Waals surface area contributed by atoms with Crippen molar-refractivity contribution in [1.82, 2.24) is 4.90 Å². The highest BCUT2D eigenvalue weighted by Crippen LogP contribution is 2.47. The molecule has 1 aliphatic carbocycles. The zero-order valence-electron chi connectivity index (χ0n) is 11.5. The van der Waals surface area contributed by atoms with Crippen molar-refractivity contribution < 1.29 is 14.6 Å². The van der Waals surface area contributed by atoms with E-state index in [9.17, 15) is 9.90 Å². The average Bonchev–Trinajstić information content (AvgIpc) is 2.32. The predicted octanol–water partition coefficient (Wildman–Crippen LogP) is 0.297. The van der Waals surface area contributed by atoms with E-state index in [-0.39, 0.29) is 24.7 Å². The summed E-state index contributed by atoms with van der Waals surface area (Å²) >= 11 is 5.12. The Morgan fingerprint density at radius 3 is 2.58 bits per heavy atom. The monoisotopic (exact) mass is 286 g/mol. The van der Waals surface area contributed by atoms with Crippen LogP contribution in [0, 0.1) is 11.3 Å². The molecule has 5 nitrogen and oxygen atoms in total. The summed E-state index contributed by atoms with van der Waals surface area (Å²) in [6, 6.07) is 0. The molecule has 2 aliphatic rings. The molecule has 1 amide bonds. The Morgan fingerprint density at radius 2 is 2.11 bits per heavy atom. The number of aliphatic hydroxyl groups is 1. The first-order valence-electron chi connectivity index (χ1n) is 6.74. The molecule has 1 saturated heterocycles. The molecule has 1 saturated carbocycles. The zero-order chi connectivity index (χ0) is 14.2. The minimum absolute atomic E-state index is 0.00620. The van der Waals surface area contributed by atoms with Crippen LogP contribution in [0.3, 0.4) is 0 Å². The van der Waals surface area contributed by atoms with E-state index in [1.54, 1.807) is 4.90 Å². The summed E-state index contributed by atoms with van der Waals surface area (Å²) in [6.45, 7) is 4.87. The topological polar surface area (TPSA) is 75.8 Å². The van der Waals surface area contributed by atoms with Gasteiger partial charge in [0.1, 0.15) is 0 Å². The van der Waals surface area contributed by atoms with Gasteiger partial charge >= 0.3 is 0 Å². The number of hydrogen-bond donors (Lipinski definition) is 2. The van der Waals surface area contributed by atoms with Crippen LogP contribution in [-0.4, -0.2) is 52.8 Å². The first-order valence-corrected chi connectivity index (χ1v) is 7.15. The smallest absolute Gasteiger partial charge is 0.235 e. The highest BCUT2D eigenvalue weighted by molar-refractivity contribution is 7.80. The van der Waals surface area contributed by atoms with Crippen molar-refractivity contribution in [3.8, 4) is 0 Å². The zero-order valence-corrected chi connectivity index (χ0v) is 12.3. The van der Waals surface area contributed by atoms with Gasteiger partial charge in [-0.1, -0.05) is 19.1 Å². The minimum Gasteiger partial charge on any atom is -0.394 e. The Hall–Kier alpha value is -0.720. The van der Waals surface area contributed by atoms with Crippen molar-refractivity contribution in [3.63, 3.8) is 0 Å². The first kappa shape index (κ1) is 14.7. The fraction of sp³-hybridized carbons (Fsp3) is 0.846. The van der Waals surface area contributed by atoms with Crippen molar-refractivity contribution in [2.45, 2.75) is 38.9 Å². The van der Waals surface area contributed by atoms with Crippen molar-refractivity contribution in [2.24, 2.45) is 17.1 Å². The molecular formula is C13H22N2O3S. The van der Waals surface area contributed by atoms with Gasteiger partial charge in [0.2, 0.25) is 5.91 Å². The minimum atomic E-state index is -0.661. The molecule has 0 aromatic carbocycles. The quantitative estimate of drug-likeness (QED) is 0.730. The number of carbonyl (C=O) groups is 1. The lowest BCUT2D eigenvalue weighted by Crippen LogP contribution is -2.61. The lowest BCUT2D eigenvalue weighted by atomic mass is 9.61. The molecule has 1 aliphatic heterocycles. The number of thiocarbonyl (C=S) groups is 1. The molecular weight excluding hydrogens is 264 g/mol. The second kappa shape index (κ2) is 5.34. The number of carbonyl (C=O) groups excluding carboxylic acids is 1. The van der Waals surface area contributed by atoms with Gasteiger partial charge in [-0.15, -0.1) is 0 Å². The van der Waals surface area contributed by atoms with Gasteiger partial charge in [-0.25, -0.2) is 0 Å². The molecule has 0 spiro atoms. The van der Waals surface area contributed by atoms with Gasteiger partial charge in [-0.2, -0.15) is 0 Å². The van der Waals surface area contributed by atoms with Crippen LogP contribution in [0.4, 0.5) is 0 Å². The third-order valence-electron chi connectivity index (χ3n) is 4.09. The highest BCUT2D eigenvalue weighted by Gasteiger charge is 2.53. The summed E-state index contributed by atoms with van der Waals surface area (Å²) in [5, 5.41) is 9.22. The van der Waals surface area contributed by atoms with E-state index >= 15 is 0 Å². The van der Waals surface area contributed by atoms with E-state index in [0.29, 0.717) is 24.0 Å². The molecule has 2 rings (SSSR count). The molecule has 19 heavy (non-hydrogen) atoms. The van der Waals surface area contributed by atoms with Gasteiger partial charge < -0.3 is 20.5 Å². The Balaban J connectivity index is 2.12. The molecule has 6 heteroatoms. The van der Waals surface area contributed by atoms with Crippen LogP contribution >= 0.6 is 12.2 Å². The highest BCUT2D eigenvalue weighted by atomic mass is 32.1. The largest absolute Gasteiger partial charge is 0.394 e. The normalized spacial score (nSPS) is 38.7. The summed E-state index contributed by atoms with van der Waals surface area (Å²) in [5.41, 5.74) is 5.15. The Bertz CT molecular complexity index is 382. The standard InChI is InChI=1S/C13H22N2O3S/c1-8-3-13(4-8,11(14)19)12(17)15-5-9(2)18-10(6-15)7-16/h8-10,16H,3-7H2,1-2H3,(H2,14,19). The summed E-state index contributed by atoms with van der Waals surface area (Å²) in [5.74, 6) is 0.490. The van der Waals surface area contributed by atoms with Crippen molar-refractivity contribution in [3.05, 3.63) is 0 Å². The second-order valence-electron chi connectivity index (χ2n) is 5.92. The molecule has 0 radical (unpaired) electrons. The molecule has 2 fully saturated rings. The fourth-order valence-corrected chi connectivity index (χ4v) is 3.48. The number of nitrogens with two attached hydrogens (primary N) is 1. The molecule has 3 N–H and O–H groups in total. The number of ether oxygens (including phenoxy) is 1. The first-order chi connectivity index (χ1) is 8.89. The SMILES string of the molecule is CC1CC(C(=O)N2CC(C)OC(CO)C2)(C(N)=S)C1. The van der Waals surface area contributed by atoms with Gasteiger partial charge in [0.05, 0.1) is 29.2 Å². The average molecular weight is 286 g/mol. The molecule has 0 bridgehead atoms. The predicted molar refractivity (Wildman–Crippen MR) is 75.6 cm³/mol. The van der Waals surface area contributed by atoms with Crippen molar-refractivity contribution >= 4 is 23.1 Å². The third-order valence-corrected chi connectivity index (χ3v) is 4.48.